The minimum atomic E-state index is 0.650. The SMILES string of the molecule is CCN1CCN(Cc2nc3ccccc3n2CCN)CC1. The molecule has 0 spiro atoms. The van der Waals surface area contributed by atoms with E-state index in [1.807, 2.05) is 6.07 Å². The predicted molar refractivity (Wildman–Crippen MR) is 86.2 cm³/mol. The average Bonchev–Trinajstić information content (AvgIpc) is 2.86. The van der Waals surface area contributed by atoms with Crippen LogP contribution in [0.2, 0.25) is 0 Å². The van der Waals surface area contributed by atoms with Crippen molar-refractivity contribution in [3.05, 3.63) is 30.1 Å². The van der Waals surface area contributed by atoms with Gasteiger partial charge < -0.3 is 15.2 Å². The third-order valence-electron chi connectivity index (χ3n) is 4.36. The van der Waals surface area contributed by atoms with Crippen LogP contribution in [0.3, 0.4) is 0 Å². The Labute approximate surface area is 126 Å². The fourth-order valence-corrected chi connectivity index (χ4v) is 3.09. The molecule has 1 fully saturated rings. The highest BCUT2D eigenvalue weighted by Crippen LogP contribution is 2.17. The molecule has 21 heavy (non-hydrogen) atoms. The van der Waals surface area contributed by atoms with Gasteiger partial charge in [0.15, 0.2) is 0 Å². The number of likely N-dealkylation sites (N-methyl/N-ethyl adjacent to an activating group) is 1. The maximum absolute atomic E-state index is 5.78. The topological polar surface area (TPSA) is 50.3 Å². The van der Waals surface area contributed by atoms with E-state index in [2.05, 4.69) is 39.5 Å². The third kappa shape index (κ3) is 3.10. The van der Waals surface area contributed by atoms with E-state index in [1.54, 1.807) is 0 Å². The van der Waals surface area contributed by atoms with Gasteiger partial charge >= 0.3 is 0 Å². The zero-order valence-electron chi connectivity index (χ0n) is 12.8. The van der Waals surface area contributed by atoms with Crippen LogP contribution in [-0.4, -0.2) is 58.6 Å². The number of hydrogen-bond donors (Lipinski definition) is 1. The molecule has 0 aliphatic carbocycles. The van der Waals surface area contributed by atoms with E-state index < -0.39 is 0 Å². The molecular weight excluding hydrogens is 262 g/mol. The summed E-state index contributed by atoms with van der Waals surface area (Å²) in [6, 6.07) is 8.34. The van der Waals surface area contributed by atoms with E-state index in [-0.39, 0.29) is 0 Å². The fraction of sp³-hybridized carbons (Fsp3) is 0.562. The number of aromatic nitrogens is 2. The summed E-state index contributed by atoms with van der Waals surface area (Å²) in [5.41, 5.74) is 8.06. The van der Waals surface area contributed by atoms with Crippen molar-refractivity contribution >= 4 is 11.0 Å². The Hall–Kier alpha value is -1.43. The van der Waals surface area contributed by atoms with Crippen LogP contribution in [0.25, 0.3) is 11.0 Å². The van der Waals surface area contributed by atoms with E-state index in [9.17, 15) is 0 Å². The van der Waals surface area contributed by atoms with Gasteiger partial charge in [-0.2, -0.15) is 0 Å². The van der Waals surface area contributed by atoms with Gasteiger partial charge in [0.1, 0.15) is 5.82 Å². The number of hydrogen-bond acceptors (Lipinski definition) is 4. The van der Waals surface area contributed by atoms with Crippen molar-refractivity contribution in [1.29, 1.82) is 0 Å². The molecule has 2 heterocycles. The number of para-hydroxylation sites is 2. The van der Waals surface area contributed by atoms with Crippen molar-refractivity contribution in [3.8, 4) is 0 Å². The molecule has 1 aromatic heterocycles. The number of piperazine rings is 1. The number of benzene rings is 1. The lowest BCUT2D eigenvalue weighted by Gasteiger charge is -2.33. The van der Waals surface area contributed by atoms with Gasteiger partial charge in [0.25, 0.3) is 0 Å². The van der Waals surface area contributed by atoms with Gasteiger partial charge in [-0.3, -0.25) is 4.90 Å². The number of rotatable bonds is 5. The lowest BCUT2D eigenvalue weighted by atomic mass is 10.3. The first-order valence-electron chi connectivity index (χ1n) is 7.90. The molecule has 0 atom stereocenters. The molecule has 0 saturated carbocycles. The maximum Gasteiger partial charge on any atom is 0.124 e. The Kier molecular flexibility index (Phi) is 4.53. The maximum atomic E-state index is 5.78. The molecule has 0 amide bonds. The summed E-state index contributed by atoms with van der Waals surface area (Å²) < 4.78 is 2.28. The summed E-state index contributed by atoms with van der Waals surface area (Å²) in [5, 5.41) is 0. The molecular formula is C16H25N5. The van der Waals surface area contributed by atoms with Gasteiger partial charge in [-0.1, -0.05) is 19.1 Å². The predicted octanol–water partition coefficient (Wildman–Crippen LogP) is 1.13. The van der Waals surface area contributed by atoms with E-state index in [0.29, 0.717) is 6.54 Å². The van der Waals surface area contributed by atoms with E-state index in [4.69, 9.17) is 10.7 Å². The van der Waals surface area contributed by atoms with Gasteiger partial charge in [0.2, 0.25) is 0 Å². The molecule has 5 heteroatoms. The summed E-state index contributed by atoms with van der Waals surface area (Å²) in [7, 11) is 0. The molecule has 2 aromatic rings. The Balaban J connectivity index is 1.78. The Morgan fingerprint density at radius 2 is 1.81 bits per heavy atom. The summed E-state index contributed by atoms with van der Waals surface area (Å²) in [6.45, 7) is 10.4. The Morgan fingerprint density at radius 3 is 2.52 bits per heavy atom. The van der Waals surface area contributed by atoms with Crippen molar-refractivity contribution < 1.29 is 0 Å². The van der Waals surface area contributed by atoms with E-state index in [1.165, 1.54) is 5.52 Å². The quantitative estimate of drug-likeness (QED) is 0.896. The summed E-state index contributed by atoms with van der Waals surface area (Å²) in [5.74, 6) is 1.14. The van der Waals surface area contributed by atoms with Crippen LogP contribution in [0.15, 0.2) is 24.3 Å². The molecule has 1 aliphatic heterocycles. The average molecular weight is 287 g/mol. The fourth-order valence-electron chi connectivity index (χ4n) is 3.09. The van der Waals surface area contributed by atoms with Crippen molar-refractivity contribution in [2.75, 3.05) is 39.3 Å². The van der Waals surface area contributed by atoms with E-state index in [0.717, 1.165) is 57.2 Å². The summed E-state index contributed by atoms with van der Waals surface area (Å²) in [6.07, 6.45) is 0. The van der Waals surface area contributed by atoms with Crippen LogP contribution in [0.4, 0.5) is 0 Å². The second-order valence-electron chi connectivity index (χ2n) is 5.67. The Morgan fingerprint density at radius 1 is 1.10 bits per heavy atom. The third-order valence-corrected chi connectivity index (χ3v) is 4.36. The van der Waals surface area contributed by atoms with Crippen LogP contribution in [-0.2, 0) is 13.1 Å². The van der Waals surface area contributed by atoms with Crippen LogP contribution < -0.4 is 5.73 Å². The first-order valence-corrected chi connectivity index (χ1v) is 7.90. The zero-order chi connectivity index (χ0) is 14.7. The van der Waals surface area contributed by atoms with Gasteiger partial charge in [-0.25, -0.2) is 4.98 Å². The molecule has 0 radical (unpaired) electrons. The van der Waals surface area contributed by atoms with Gasteiger partial charge in [0.05, 0.1) is 17.6 Å². The first-order chi connectivity index (χ1) is 10.3. The molecule has 0 unspecified atom stereocenters. The monoisotopic (exact) mass is 287 g/mol. The van der Waals surface area contributed by atoms with Crippen molar-refractivity contribution in [3.63, 3.8) is 0 Å². The van der Waals surface area contributed by atoms with Crippen molar-refractivity contribution in [2.24, 2.45) is 5.73 Å². The molecule has 1 aromatic carbocycles. The molecule has 1 saturated heterocycles. The molecule has 0 bridgehead atoms. The molecule has 1 aliphatic rings. The second kappa shape index (κ2) is 6.56. The Bertz CT molecular complexity index is 583. The zero-order valence-corrected chi connectivity index (χ0v) is 12.8. The van der Waals surface area contributed by atoms with Crippen LogP contribution in [0, 0.1) is 0 Å². The van der Waals surface area contributed by atoms with Gasteiger partial charge in [-0.15, -0.1) is 0 Å². The van der Waals surface area contributed by atoms with Crippen molar-refractivity contribution in [1.82, 2.24) is 19.4 Å². The van der Waals surface area contributed by atoms with Crippen molar-refractivity contribution in [2.45, 2.75) is 20.0 Å². The number of fused-ring (bicyclic) bond motifs is 1. The van der Waals surface area contributed by atoms with E-state index >= 15 is 0 Å². The minimum absolute atomic E-state index is 0.650. The molecule has 114 valence electrons. The first kappa shape index (κ1) is 14.5. The summed E-state index contributed by atoms with van der Waals surface area (Å²) in [4.78, 5) is 9.82. The number of imidazole rings is 1. The normalized spacial score (nSPS) is 17.6. The lowest BCUT2D eigenvalue weighted by Crippen LogP contribution is -2.45. The highest BCUT2D eigenvalue weighted by molar-refractivity contribution is 5.75. The van der Waals surface area contributed by atoms with Crippen LogP contribution in [0.5, 0.6) is 0 Å². The van der Waals surface area contributed by atoms with Crippen LogP contribution in [0.1, 0.15) is 12.7 Å². The summed E-state index contributed by atoms with van der Waals surface area (Å²) >= 11 is 0. The van der Waals surface area contributed by atoms with Gasteiger partial charge in [-0.05, 0) is 18.7 Å². The lowest BCUT2D eigenvalue weighted by molar-refractivity contribution is 0.128. The second-order valence-corrected chi connectivity index (χ2v) is 5.67. The standard InChI is InChI=1S/C16H25N5/c1-2-19-9-11-20(12-10-19)13-16-18-14-5-3-4-6-15(14)21(16)8-7-17/h3-6H,2,7-13,17H2,1H3. The highest BCUT2D eigenvalue weighted by Gasteiger charge is 2.18. The number of nitrogens with two attached hydrogens (primary N) is 1. The molecule has 3 rings (SSSR count). The highest BCUT2D eigenvalue weighted by atomic mass is 15.3. The minimum Gasteiger partial charge on any atom is -0.329 e. The smallest absolute Gasteiger partial charge is 0.124 e. The number of nitrogens with zero attached hydrogens (tertiary/aromatic N) is 4. The molecule has 2 N–H and O–H groups in total. The largest absolute Gasteiger partial charge is 0.329 e. The van der Waals surface area contributed by atoms with Crippen LogP contribution >= 0.6 is 0 Å². The van der Waals surface area contributed by atoms with Gasteiger partial charge in [0, 0.05) is 39.3 Å². The molecule has 5 nitrogen and oxygen atoms in total.